The summed E-state index contributed by atoms with van der Waals surface area (Å²) in [5, 5.41) is 18.2. The van der Waals surface area contributed by atoms with E-state index >= 15 is 0 Å². The van der Waals surface area contributed by atoms with Crippen molar-refractivity contribution < 1.29 is 24.2 Å². The standard InChI is InChI=1S/C12H13FO4/c1-12(2,3)11(17)9(15)6-4-7(13)10(16)8(14)5-6/h4-5,14,16H,1-3H3. The zero-order chi connectivity index (χ0) is 13.4. The lowest BCUT2D eigenvalue weighted by Crippen LogP contribution is -2.28. The maximum atomic E-state index is 13.1. The van der Waals surface area contributed by atoms with Gasteiger partial charge in [0.2, 0.25) is 11.6 Å². The number of rotatable bonds is 2. The number of ketones is 2. The molecule has 17 heavy (non-hydrogen) atoms. The summed E-state index contributed by atoms with van der Waals surface area (Å²) >= 11 is 0. The van der Waals surface area contributed by atoms with Crippen molar-refractivity contribution in [2.45, 2.75) is 20.8 Å². The molecule has 2 N–H and O–H groups in total. The molecule has 1 rings (SSSR count). The van der Waals surface area contributed by atoms with Crippen LogP contribution in [0.4, 0.5) is 4.39 Å². The molecular formula is C12H13FO4. The van der Waals surface area contributed by atoms with Crippen LogP contribution in [0.1, 0.15) is 31.1 Å². The Morgan fingerprint density at radius 1 is 1.18 bits per heavy atom. The Labute approximate surface area is 97.7 Å². The van der Waals surface area contributed by atoms with Crippen molar-refractivity contribution in [1.29, 1.82) is 0 Å². The molecule has 0 aliphatic carbocycles. The van der Waals surface area contributed by atoms with Crippen molar-refractivity contribution >= 4 is 11.6 Å². The maximum absolute atomic E-state index is 13.1. The summed E-state index contributed by atoms with van der Waals surface area (Å²) in [6, 6.07) is 1.59. The molecule has 0 unspecified atom stereocenters. The van der Waals surface area contributed by atoms with Crippen LogP contribution in [0, 0.1) is 11.2 Å². The van der Waals surface area contributed by atoms with Crippen LogP contribution in [0.15, 0.2) is 12.1 Å². The number of hydrogen-bond donors (Lipinski definition) is 2. The van der Waals surface area contributed by atoms with Crippen LogP contribution in [0.2, 0.25) is 0 Å². The van der Waals surface area contributed by atoms with Gasteiger partial charge in [0, 0.05) is 11.0 Å². The maximum Gasteiger partial charge on any atom is 0.229 e. The monoisotopic (exact) mass is 240 g/mol. The van der Waals surface area contributed by atoms with Crippen molar-refractivity contribution in [3.63, 3.8) is 0 Å². The van der Waals surface area contributed by atoms with Crippen molar-refractivity contribution in [3.8, 4) is 11.5 Å². The highest BCUT2D eigenvalue weighted by Crippen LogP contribution is 2.30. The number of aromatic hydroxyl groups is 2. The summed E-state index contributed by atoms with van der Waals surface area (Å²) in [6.45, 7) is 4.68. The van der Waals surface area contributed by atoms with E-state index in [1.54, 1.807) is 20.8 Å². The third-order valence-electron chi connectivity index (χ3n) is 2.19. The molecular weight excluding hydrogens is 227 g/mol. The molecule has 0 aromatic heterocycles. The number of phenolic OH excluding ortho intramolecular Hbond substituents is 2. The summed E-state index contributed by atoms with van der Waals surface area (Å²) in [7, 11) is 0. The fourth-order valence-corrected chi connectivity index (χ4v) is 1.19. The third kappa shape index (κ3) is 2.61. The van der Waals surface area contributed by atoms with Crippen molar-refractivity contribution in [3.05, 3.63) is 23.5 Å². The van der Waals surface area contributed by atoms with Gasteiger partial charge in [-0.3, -0.25) is 9.59 Å². The zero-order valence-electron chi connectivity index (χ0n) is 9.74. The van der Waals surface area contributed by atoms with E-state index in [-0.39, 0.29) is 5.56 Å². The summed E-state index contributed by atoms with van der Waals surface area (Å²) in [4.78, 5) is 23.4. The summed E-state index contributed by atoms with van der Waals surface area (Å²) < 4.78 is 13.1. The molecule has 0 bridgehead atoms. The van der Waals surface area contributed by atoms with Gasteiger partial charge in [0.25, 0.3) is 0 Å². The van der Waals surface area contributed by atoms with Crippen LogP contribution in [0.3, 0.4) is 0 Å². The predicted octanol–water partition coefficient (Wildman–Crippen LogP) is 2.03. The Morgan fingerprint density at radius 3 is 2.12 bits per heavy atom. The minimum atomic E-state index is -1.14. The van der Waals surface area contributed by atoms with Crippen molar-refractivity contribution in [2.24, 2.45) is 5.41 Å². The van der Waals surface area contributed by atoms with Gasteiger partial charge in [-0.05, 0) is 12.1 Å². The van der Waals surface area contributed by atoms with E-state index < -0.39 is 34.3 Å². The van der Waals surface area contributed by atoms with Crippen LogP contribution in [0.25, 0.3) is 0 Å². The molecule has 1 aromatic rings. The van der Waals surface area contributed by atoms with Crippen LogP contribution >= 0.6 is 0 Å². The van der Waals surface area contributed by atoms with Crippen LogP contribution < -0.4 is 0 Å². The Morgan fingerprint density at radius 2 is 1.71 bits per heavy atom. The lowest BCUT2D eigenvalue weighted by Gasteiger charge is -2.15. The molecule has 4 nitrogen and oxygen atoms in total. The first-order valence-electron chi connectivity index (χ1n) is 4.95. The summed E-state index contributed by atoms with van der Waals surface area (Å²) in [5.74, 6) is -4.44. The lowest BCUT2D eigenvalue weighted by molar-refractivity contribution is -0.121. The first kappa shape index (κ1) is 13.2. The van der Waals surface area contributed by atoms with Crippen LogP contribution in [0.5, 0.6) is 11.5 Å². The largest absolute Gasteiger partial charge is 0.504 e. The average molecular weight is 240 g/mol. The summed E-state index contributed by atoms with van der Waals surface area (Å²) in [5.41, 5.74) is -1.17. The lowest BCUT2D eigenvalue weighted by atomic mass is 9.86. The molecule has 0 saturated heterocycles. The minimum Gasteiger partial charge on any atom is -0.504 e. The SMILES string of the molecule is CC(C)(C)C(=O)C(=O)c1cc(O)c(O)c(F)c1. The van der Waals surface area contributed by atoms with E-state index in [2.05, 4.69) is 0 Å². The molecule has 0 aliphatic rings. The van der Waals surface area contributed by atoms with Gasteiger partial charge in [0.1, 0.15) is 0 Å². The van der Waals surface area contributed by atoms with Gasteiger partial charge in [-0.15, -0.1) is 0 Å². The number of Topliss-reactive ketones (excluding diaryl/α,β-unsaturated/α-hetero) is 2. The molecule has 0 heterocycles. The molecule has 0 aliphatic heterocycles. The molecule has 0 atom stereocenters. The Kier molecular flexibility index (Phi) is 3.22. The van der Waals surface area contributed by atoms with E-state index in [1.807, 2.05) is 0 Å². The van der Waals surface area contributed by atoms with E-state index in [0.717, 1.165) is 12.1 Å². The molecule has 0 amide bonds. The zero-order valence-corrected chi connectivity index (χ0v) is 9.74. The Bertz CT molecular complexity index is 463. The average Bonchev–Trinajstić information content (AvgIpc) is 2.21. The number of phenols is 2. The van der Waals surface area contributed by atoms with Gasteiger partial charge < -0.3 is 10.2 Å². The topological polar surface area (TPSA) is 74.6 Å². The molecule has 0 saturated carbocycles. The van der Waals surface area contributed by atoms with Crippen LogP contribution in [-0.4, -0.2) is 21.8 Å². The first-order valence-corrected chi connectivity index (χ1v) is 4.95. The smallest absolute Gasteiger partial charge is 0.229 e. The fourth-order valence-electron chi connectivity index (χ4n) is 1.19. The van der Waals surface area contributed by atoms with Crippen LogP contribution in [-0.2, 0) is 4.79 Å². The van der Waals surface area contributed by atoms with Gasteiger partial charge in [0.05, 0.1) is 0 Å². The van der Waals surface area contributed by atoms with E-state index in [0.29, 0.717) is 0 Å². The van der Waals surface area contributed by atoms with E-state index in [4.69, 9.17) is 10.2 Å². The first-order chi connectivity index (χ1) is 7.64. The number of carbonyl (C=O) groups excluding carboxylic acids is 2. The highest BCUT2D eigenvalue weighted by Gasteiger charge is 2.30. The van der Waals surface area contributed by atoms with Gasteiger partial charge in [-0.25, -0.2) is 4.39 Å². The predicted molar refractivity (Wildman–Crippen MR) is 58.5 cm³/mol. The molecule has 0 fully saturated rings. The number of benzene rings is 1. The van der Waals surface area contributed by atoms with Gasteiger partial charge in [-0.2, -0.15) is 0 Å². The number of carbonyl (C=O) groups is 2. The van der Waals surface area contributed by atoms with Gasteiger partial charge in [-0.1, -0.05) is 20.8 Å². The molecule has 0 spiro atoms. The highest BCUT2D eigenvalue weighted by molar-refractivity contribution is 6.45. The second kappa shape index (κ2) is 4.16. The van der Waals surface area contributed by atoms with E-state index in [1.165, 1.54) is 0 Å². The number of halogens is 1. The quantitative estimate of drug-likeness (QED) is 0.471. The Balaban J connectivity index is 3.19. The third-order valence-corrected chi connectivity index (χ3v) is 2.19. The summed E-state index contributed by atoms with van der Waals surface area (Å²) in [6.07, 6.45) is 0. The van der Waals surface area contributed by atoms with E-state index in [9.17, 15) is 14.0 Å². The molecule has 0 radical (unpaired) electrons. The molecule has 92 valence electrons. The highest BCUT2D eigenvalue weighted by atomic mass is 19.1. The van der Waals surface area contributed by atoms with Crippen molar-refractivity contribution in [2.75, 3.05) is 0 Å². The minimum absolute atomic E-state index is 0.280. The number of hydrogen-bond acceptors (Lipinski definition) is 4. The second-order valence-electron chi connectivity index (χ2n) is 4.73. The fraction of sp³-hybridized carbons (Fsp3) is 0.333. The van der Waals surface area contributed by atoms with Gasteiger partial charge >= 0.3 is 0 Å². The van der Waals surface area contributed by atoms with Crippen molar-refractivity contribution in [1.82, 2.24) is 0 Å². The normalized spacial score (nSPS) is 11.3. The van der Waals surface area contributed by atoms with Gasteiger partial charge in [0.15, 0.2) is 17.3 Å². The molecule has 5 heteroatoms. The molecule has 1 aromatic carbocycles. The Hall–Kier alpha value is -1.91. The second-order valence-corrected chi connectivity index (χ2v) is 4.73.